The molecule has 2 N–H and O–H groups in total. The molecule has 3 heterocycles. The summed E-state index contributed by atoms with van der Waals surface area (Å²) in [7, 11) is 1.68. The second kappa shape index (κ2) is 4.25. The molecule has 2 aromatic heterocycles. The molecular weight excluding hydrogens is 216 g/mol. The van der Waals surface area contributed by atoms with Gasteiger partial charge in [-0.25, -0.2) is 0 Å². The molecule has 0 aromatic carbocycles. The first-order valence-electron chi connectivity index (χ1n) is 5.86. The van der Waals surface area contributed by atoms with E-state index in [-0.39, 0.29) is 0 Å². The number of nitrogens with zero attached hydrogens (tertiary/aromatic N) is 2. The van der Waals surface area contributed by atoms with Crippen molar-refractivity contribution in [1.82, 2.24) is 15.3 Å². The third-order valence-electron chi connectivity index (χ3n) is 3.19. The van der Waals surface area contributed by atoms with Crippen LogP contribution < -0.4 is 15.0 Å². The van der Waals surface area contributed by atoms with Crippen molar-refractivity contribution in [2.45, 2.75) is 0 Å². The van der Waals surface area contributed by atoms with Crippen LogP contribution in [-0.4, -0.2) is 43.3 Å². The molecule has 2 aromatic rings. The van der Waals surface area contributed by atoms with E-state index in [4.69, 9.17) is 4.74 Å². The van der Waals surface area contributed by atoms with E-state index in [1.54, 1.807) is 13.3 Å². The SMILES string of the molecule is COc1ccnc2c(N3CCNCC3)c[nH]c12. The number of piperazine rings is 1. The highest BCUT2D eigenvalue weighted by molar-refractivity contribution is 5.93. The second-order valence-corrected chi connectivity index (χ2v) is 4.15. The van der Waals surface area contributed by atoms with Crippen molar-refractivity contribution in [1.29, 1.82) is 0 Å². The molecule has 1 saturated heterocycles. The van der Waals surface area contributed by atoms with Gasteiger partial charge in [-0.3, -0.25) is 4.98 Å². The Morgan fingerprint density at radius 1 is 1.35 bits per heavy atom. The van der Waals surface area contributed by atoms with Crippen molar-refractivity contribution < 1.29 is 4.74 Å². The van der Waals surface area contributed by atoms with Crippen LogP contribution in [0, 0.1) is 0 Å². The largest absolute Gasteiger partial charge is 0.494 e. The minimum atomic E-state index is 0.844. The molecule has 0 unspecified atom stereocenters. The lowest BCUT2D eigenvalue weighted by Gasteiger charge is -2.28. The summed E-state index contributed by atoms with van der Waals surface area (Å²) in [5.41, 5.74) is 3.13. The minimum absolute atomic E-state index is 0.844. The summed E-state index contributed by atoms with van der Waals surface area (Å²) >= 11 is 0. The van der Waals surface area contributed by atoms with Gasteiger partial charge < -0.3 is 19.9 Å². The summed E-state index contributed by atoms with van der Waals surface area (Å²) in [5, 5.41) is 3.35. The van der Waals surface area contributed by atoms with Gasteiger partial charge in [0.05, 0.1) is 12.8 Å². The molecule has 1 fully saturated rings. The number of ether oxygens (including phenoxy) is 1. The highest BCUT2D eigenvalue weighted by Crippen LogP contribution is 2.30. The summed E-state index contributed by atoms with van der Waals surface area (Å²) in [6.07, 6.45) is 3.81. The Bertz CT molecular complexity index is 516. The summed E-state index contributed by atoms with van der Waals surface area (Å²) in [6, 6.07) is 1.88. The van der Waals surface area contributed by atoms with E-state index >= 15 is 0 Å². The number of H-pyrrole nitrogens is 1. The lowest BCUT2D eigenvalue weighted by atomic mass is 10.3. The molecule has 0 atom stereocenters. The number of hydrogen-bond donors (Lipinski definition) is 2. The smallest absolute Gasteiger partial charge is 0.146 e. The van der Waals surface area contributed by atoms with E-state index in [1.807, 2.05) is 12.3 Å². The van der Waals surface area contributed by atoms with Crippen LogP contribution in [0.15, 0.2) is 18.5 Å². The molecule has 5 heteroatoms. The quantitative estimate of drug-likeness (QED) is 0.810. The van der Waals surface area contributed by atoms with Gasteiger partial charge in [0.25, 0.3) is 0 Å². The highest BCUT2D eigenvalue weighted by atomic mass is 16.5. The van der Waals surface area contributed by atoms with Gasteiger partial charge in [0.1, 0.15) is 16.8 Å². The van der Waals surface area contributed by atoms with Gasteiger partial charge in [-0.1, -0.05) is 0 Å². The third kappa shape index (κ3) is 1.72. The maximum Gasteiger partial charge on any atom is 0.146 e. The monoisotopic (exact) mass is 232 g/mol. The standard InChI is InChI=1S/C12H16N4O/c1-17-10-2-3-14-11-9(8-15-12(10)11)16-6-4-13-5-7-16/h2-3,8,13,15H,4-7H2,1H3. The Labute approximate surface area is 99.8 Å². The molecule has 17 heavy (non-hydrogen) atoms. The summed E-state index contributed by atoms with van der Waals surface area (Å²) in [5.74, 6) is 0.844. The molecule has 1 aliphatic heterocycles. The van der Waals surface area contributed by atoms with Crippen LogP contribution in [0.1, 0.15) is 0 Å². The number of anilines is 1. The second-order valence-electron chi connectivity index (χ2n) is 4.15. The fourth-order valence-corrected chi connectivity index (χ4v) is 2.30. The molecule has 0 bridgehead atoms. The van der Waals surface area contributed by atoms with Crippen LogP contribution >= 0.6 is 0 Å². The maximum absolute atomic E-state index is 5.33. The minimum Gasteiger partial charge on any atom is -0.494 e. The van der Waals surface area contributed by atoms with Gasteiger partial charge in [0.15, 0.2) is 0 Å². The zero-order chi connectivity index (χ0) is 11.7. The Kier molecular flexibility index (Phi) is 2.60. The van der Waals surface area contributed by atoms with E-state index < -0.39 is 0 Å². The van der Waals surface area contributed by atoms with Crippen LogP contribution in [0.2, 0.25) is 0 Å². The maximum atomic E-state index is 5.33. The Morgan fingerprint density at radius 3 is 2.94 bits per heavy atom. The lowest BCUT2D eigenvalue weighted by molar-refractivity contribution is 0.418. The number of rotatable bonds is 2. The Balaban J connectivity index is 2.05. The van der Waals surface area contributed by atoms with E-state index in [0.717, 1.165) is 43.0 Å². The molecule has 0 saturated carbocycles. The highest BCUT2D eigenvalue weighted by Gasteiger charge is 2.16. The predicted molar refractivity (Wildman–Crippen MR) is 67.7 cm³/mol. The van der Waals surface area contributed by atoms with E-state index in [2.05, 4.69) is 20.2 Å². The van der Waals surface area contributed by atoms with E-state index in [1.165, 1.54) is 5.69 Å². The normalized spacial score (nSPS) is 16.4. The van der Waals surface area contributed by atoms with Crippen molar-refractivity contribution in [3.05, 3.63) is 18.5 Å². The van der Waals surface area contributed by atoms with Gasteiger partial charge in [0.2, 0.25) is 0 Å². The average Bonchev–Trinajstić information content (AvgIpc) is 2.83. The number of methoxy groups -OCH3 is 1. The Hall–Kier alpha value is -1.75. The van der Waals surface area contributed by atoms with Gasteiger partial charge in [-0.05, 0) is 0 Å². The molecular formula is C12H16N4O. The average molecular weight is 232 g/mol. The molecule has 90 valence electrons. The number of nitrogens with one attached hydrogen (secondary N) is 2. The molecule has 0 aliphatic carbocycles. The molecule has 0 amide bonds. The Morgan fingerprint density at radius 2 is 2.18 bits per heavy atom. The number of aromatic amines is 1. The summed E-state index contributed by atoms with van der Waals surface area (Å²) in [4.78, 5) is 10.1. The first-order chi connectivity index (χ1) is 8.40. The molecule has 5 nitrogen and oxygen atoms in total. The van der Waals surface area contributed by atoms with Crippen LogP contribution in [0.3, 0.4) is 0 Å². The predicted octanol–water partition coefficient (Wildman–Crippen LogP) is 0.981. The molecule has 1 aliphatic rings. The zero-order valence-electron chi connectivity index (χ0n) is 9.86. The van der Waals surface area contributed by atoms with Crippen LogP contribution in [0.5, 0.6) is 5.75 Å². The van der Waals surface area contributed by atoms with Crippen LogP contribution in [0.25, 0.3) is 11.0 Å². The van der Waals surface area contributed by atoms with Gasteiger partial charge in [0, 0.05) is 44.6 Å². The van der Waals surface area contributed by atoms with Crippen LogP contribution in [-0.2, 0) is 0 Å². The third-order valence-corrected chi connectivity index (χ3v) is 3.19. The van der Waals surface area contributed by atoms with Crippen molar-refractivity contribution in [2.75, 3.05) is 38.2 Å². The topological polar surface area (TPSA) is 53.2 Å². The number of pyridine rings is 1. The van der Waals surface area contributed by atoms with Crippen LogP contribution in [0.4, 0.5) is 5.69 Å². The van der Waals surface area contributed by atoms with E-state index in [0.29, 0.717) is 0 Å². The number of aromatic nitrogens is 2. The molecule has 0 radical (unpaired) electrons. The first-order valence-corrected chi connectivity index (χ1v) is 5.86. The first kappa shape index (κ1) is 10.4. The fourth-order valence-electron chi connectivity index (χ4n) is 2.30. The van der Waals surface area contributed by atoms with Crippen molar-refractivity contribution in [3.63, 3.8) is 0 Å². The van der Waals surface area contributed by atoms with Gasteiger partial charge >= 0.3 is 0 Å². The number of fused-ring (bicyclic) bond motifs is 1. The lowest BCUT2D eigenvalue weighted by Crippen LogP contribution is -2.43. The van der Waals surface area contributed by atoms with E-state index in [9.17, 15) is 0 Å². The van der Waals surface area contributed by atoms with Gasteiger partial charge in [-0.2, -0.15) is 0 Å². The molecule has 3 rings (SSSR count). The summed E-state index contributed by atoms with van der Waals surface area (Å²) < 4.78 is 5.33. The zero-order valence-corrected chi connectivity index (χ0v) is 9.86. The van der Waals surface area contributed by atoms with Crippen molar-refractivity contribution >= 4 is 16.7 Å². The van der Waals surface area contributed by atoms with Crippen molar-refractivity contribution in [2.24, 2.45) is 0 Å². The number of hydrogen-bond acceptors (Lipinski definition) is 4. The fraction of sp³-hybridized carbons (Fsp3) is 0.417. The summed E-state index contributed by atoms with van der Waals surface area (Å²) in [6.45, 7) is 4.09. The molecule has 0 spiro atoms. The van der Waals surface area contributed by atoms with Crippen molar-refractivity contribution in [3.8, 4) is 5.75 Å². The van der Waals surface area contributed by atoms with Gasteiger partial charge in [-0.15, -0.1) is 0 Å².